The maximum absolute atomic E-state index is 12.4. The van der Waals surface area contributed by atoms with Crippen molar-refractivity contribution in [1.29, 1.82) is 0 Å². The molecule has 4 amide bonds. The van der Waals surface area contributed by atoms with Crippen LogP contribution in [0.15, 0.2) is 0 Å². The van der Waals surface area contributed by atoms with E-state index in [1.54, 1.807) is 0 Å². The molecule has 1 saturated heterocycles. The monoisotopic (exact) mass is 607 g/mol. The second-order valence-corrected chi connectivity index (χ2v) is 11.0. The van der Waals surface area contributed by atoms with Gasteiger partial charge in [-0.05, 0) is 0 Å². The fraction of sp³-hybridized carbons (Fsp3) is 0.682. The number of piperazine rings is 1. The molecular weight excluding hydrogens is 570 g/mol. The third-order valence-electron chi connectivity index (χ3n) is 5.51. The molecule has 16 nitrogen and oxygen atoms in total. The van der Waals surface area contributed by atoms with Gasteiger partial charge < -0.3 is 41.5 Å². The summed E-state index contributed by atoms with van der Waals surface area (Å²) in [6, 6.07) is -3.54. The fourth-order valence-electron chi connectivity index (χ4n) is 3.48. The van der Waals surface area contributed by atoms with E-state index in [1.807, 2.05) is 4.90 Å². The van der Waals surface area contributed by atoms with E-state index in [0.717, 1.165) is 21.8 Å². The van der Waals surface area contributed by atoms with Gasteiger partial charge in [-0.1, -0.05) is 10.8 Å². The zero-order chi connectivity index (χ0) is 29.9. The first-order valence-electron chi connectivity index (χ1n) is 12.4. The quantitative estimate of drug-likeness (QED) is 0.0303. The lowest BCUT2D eigenvalue weighted by Crippen LogP contribution is -2.52. The van der Waals surface area contributed by atoms with Crippen LogP contribution in [0, 0.1) is 0 Å². The number of aldehydes is 2. The first kappa shape index (κ1) is 35.3. The SMILES string of the molecule is N[C@H](C=O)CC(=O)NCCN1CCN(CC(=O)N[C@H](C=O)CC(=O)N[C@@H](CC(=O)NSSCCO)C(=O)O)CC1. The smallest absolute Gasteiger partial charge is 0.326 e. The summed E-state index contributed by atoms with van der Waals surface area (Å²) in [7, 11) is 2.08. The highest BCUT2D eigenvalue weighted by molar-refractivity contribution is 8.76. The molecule has 226 valence electrons. The Labute approximate surface area is 239 Å². The van der Waals surface area contributed by atoms with Gasteiger partial charge in [-0.15, -0.1) is 0 Å². The molecule has 1 aliphatic heterocycles. The zero-order valence-corrected chi connectivity index (χ0v) is 23.5. The number of amides is 4. The van der Waals surface area contributed by atoms with Crippen molar-refractivity contribution in [3.8, 4) is 0 Å². The van der Waals surface area contributed by atoms with E-state index in [1.165, 1.54) is 0 Å². The molecule has 8 N–H and O–H groups in total. The van der Waals surface area contributed by atoms with Crippen LogP contribution in [0.25, 0.3) is 0 Å². The first-order valence-corrected chi connectivity index (χ1v) is 14.8. The summed E-state index contributed by atoms with van der Waals surface area (Å²) in [6.07, 6.45) is -0.221. The number of nitrogens with one attached hydrogen (secondary N) is 4. The van der Waals surface area contributed by atoms with Gasteiger partial charge in [-0.3, -0.25) is 33.7 Å². The van der Waals surface area contributed by atoms with E-state index >= 15 is 0 Å². The molecule has 1 aliphatic rings. The fourth-order valence-corrected chi connectivity index (χ4v) is 4.80. The maximum atomic E-state index is 12.4. The molecule has 18 heteroatoms. The predicted octanol–water partition coefficient (Wildman–Crippen LogP) is -3.93. The molecule has 3 atom stereocenters. The molecule has 0 unspecified atom stereocenters. The van der Waals surface area contributed by atoms with Gasteiger partial charge in [0, 0.05) is 62.4 Å². The topological polar surface area (TPSA) is 241 Å². The number of carboxylic acid groups (broad SMARTS) is 1. The van der Waals surface area contributed by atoms with Crippen LogP contribution in [0.3, 0.4) is 0 Å². The average Bonchev–Trinajstić information content (AvgIpc) is 2.91. The van der Waals surface area contributed by atoms with Crippen molar-refractivity contribution in [2.45, 2.75) is 37.4 Å². The van der Waals surface area contributed by atoms with Crippen molar-refractivity contribution in [1.82, 2.24) is 30.5 Å². The molecular formula is C22H37N7O9S2. The summed E-state index contributed by atoms with van der Waals surface area (Å²) in [5, 5.41) is 25.3. The number of carbonyl (C=O) groups excluding carboxylic acids is 6. The Morgan fingerprint density at radius 1 is 0.875 bits per heavy atom. The van der Waals surface area contributed by atoms with Crippen molar-refractivity contribution in [2.24, 2.45) is 5.73 Å². The number of aliphatic hydroxyl groups excluding tert-OH is 1. The first-order chi connectivity index (χ1) is 19.1. The lowest BCUT2D eigenvalue weighted by molar-refractivity contribution is -0.143. The summed E-state index contributed by atoms with van der Waals surface area (Å²) in [6.45, 7) is 3.28. The Morgan fingerprint density at radius 2 is 1.55 bits per heavy atom. The van der Waals surface area contributed by atoms with Crippen molar-refractivity contribution in [3.05, 3.63) is 0 Å². The van der Waals surface area contributed by atoms with E-state index in [-0.39, 0.29) is 25.5 Å². The molecule has 0 bridgehead atoms. The normalized spacial score (nSPS) is 16.1. The van der Waals surface area contributed by atoms with Crippen molar-refractivity contribution in [3.63, 3.8) is 0 Å². The minimum atomic E-state index is -1.53. The van der Waals surface area contributed by atoms with Gasteiger partial charge in [0.2, 0.25) is 23.6 Å². The van der Waals surface area contributed by atoms with Crippen LogP contribution < -0.4 is 26.4 Å². The summed E-state index contributed by atoms with van der Waals surface area (Å²) < 4.78 is 2.38. The Balaban J connectivity index is 2.36. The molecule has 0 radical (unpaired) electrons. The number of aliphatic carboxylic acids is 1. The molecule has 0 aromatic rings. The molecule has 1 rings (SSSR count). The van der Waals surface area contributed by atoms with Gasteiger partial charge >= 0.3 is 5.97 Å². The Morgan fingerprint density at radius 3 is 2.15 bits per heavy atom. The molecule has 0 aliphatic carbocycles. The van der Waals surface area contributed by atoms with Crippen LogP contribution in [0.4, 0.5) is 0 Å². The second kappa shape index (κ2) is 20.2. The van der Waals surface area contributed by atoms with Crippen LogP contribution in [-0.2, 0) is 33.6 Å². The number of hydrogen-bond acceptors (Lipinski definition) is 13. The van der Waals surface area contributed by atoms with Gasteiger partial charge in [0.05, 0.1) is 38.1 Å². The highest BCUT2D eigenvalue weighted by Crippen LogP contribution is 2.16. The number of carbonyl (C=O) groups is 7. The highest BCUT2D eigenvalue weighted by Gasteiger charge is 2.26. The number of aliphatic hydroxyl groups is 1. The number of carboxylic acids is 1. The van der Waals surface area contributed by atoms with Gasteiger partial charge in [-0.25, -0.2) is 4.79 Å². The molecule has 0 spiro atoms. The average molecular weight is 608 g/mol. The Bertz CT molecular complexity index is 876. The van der Waals surface area contributed by atoms with E-state index < -0.39 is 54.7 Å². The summed E-state index contributed by atoms with van der Waals surface area (Å²) in [5.74, 6) is -3.33. The van der Waals surface area contributed by atoms with Crippen LogP contribution >= 0.6 is 21.8 Å². The highest BCUT2D eigenvalue weighted by atomic mass is 33.1. The third-order valence-corrected chi connectivity index (χ3v) is 7.39. The molecule has 40 heavy (non-hydrogen) atoms. The second-order valence-electron chi connectivity index (χ2n) is 8.80. The van der Waals surface area contributed by atoms with Crippen molar-refractivity contribution in [2.75, 3.05) is 58.2 Å². The maximum Gasteiger partial charge on any atom is 0.326 e. The Kier molecular flexibility index (Phi) is 17.8. The number of hydrogen-bond donors (Lipinski definition) is 7. The molecule has 0 aromatic heterocycles. The number of nitrogens with two attached hydrogens (primary N) is 1. The van der Waals surface area contributed by atoms with Crippen molar-refractivity contribution < 1.29 is 43.8 Å². The van der Waals surface area contributed by atoms with E-state index in [9.17, 15) is 38.7 Å². The minimum Gasteiger partial charge on any atom is -0.480 e. The number of nitrogens with zero attached hydrogens (tertiary/aromatic N) is 2. The summed E-state index contributed by atoms with van der Waals surface area (Å²) >= 11 is 0. The lowest BCUT2D eigenvalue weighted by Gasteiger charge is -2.34. The van der Waals surface area contributed by atoms with E-state index in [4.69, 9.17) is 10.8 Å². The summed E-state index contributed by atoms with van der Waals surface area (Å²) in [5.41, 5.74) is 5.41. The number of rotatable bonds is 20. The minimum absolute atomic E-state index is 0.00992. The summed E-state index contributed by atoms with van der Waals surface area (Å²) in [4.78, 5) is 85.6. The molecule has 1 fully saturated rings. The van der Waals surface area contributed by atoms with Crippen LogP contribution in [0.2, 0.25) is 0 Å². The van der Waals surface area contributed by atoms with Gasteiger partial charge in [0.15, 0.2) is 0 Å². The van der Waals surface area contributed by atoms with Crippen LogP contribution in [0.1, 0.15) is 19.3 Å². The van der Waals surface area contributed by atoms with Crippen LogP contribution in [0.5, 0.6) is 0 Å². The van der Waals surface area contributed by atoms with E-state index in [2.05, 4.69) is 25.6 Å². The molecule has 0 saturated carbocycles. The van der Waals surface area contributed by atoms with Gasteiger partial charge in [-0.2, -0.15) is 0 Å². The van der Waals surface area contributed by atoms with Gasteiger partial charge in [0.1, 0.15) is 18.6 Å². The molecule has 0 aromatic carbocycles. The van der Waals surface area contributed by atoms with Crippen molar-refractivity contribution >= 4 is 63.9 Å². The molecule has 1 heterocycles. The van der Waals surface area contributed by atoms with Gasteiger partial charge in [0.25, 0.3) is 0 Å². The predicted molar refractivity (Wildman–Crippen MR) is 147 cm³/mol. The zero-order valence-electron chi connectivity index (χ0n) is 21.9. The Hall–Kier alpha value is -2.77. The van der Waals surface area contributed by atoms with Crippen LogP contribution in [-0.4, -0.2) is 138 Å². The standard InChI is InChI=1S/C22H37N7O9S2/c23-15(13-31)9-18(33)24-1-2-28-3-5-29(6-4-28)12-21(36)25-16(14-32)10-19(34)26-17(22(37)38)11-20(35)27-40-39-8-7-30/h13-17,30H,1-12,23H2,(H,24,33)(H,25,36)(H,26,34)(H,27,35)(H,37,38)/t15-,16-,17-/m0/s1. The van der Waals surface area contributed by atoms with E-state index in [0.29, 0.717) is 57.6 Å². The largest absolute Gasteiger partial charge is 0.480 e. The lowest BCUT2D eigenvalue weighted by atomic mass is 10.1. The third kappa shape index (κ3) is 15.7.